The van der Waals surface area contributed by atoms with E-state index in [-0.39, 0.29) is 19.0 Å². The van der Waals surface area contributed by atoms with Crippen LogP contribution in [-0.4, -0.2) is 38.1 Å². The maximum Gasteiger partial charge on any atom is 0.338 e. The van der Waals surface area contributed by atoms with Crippen LogP contribution in [-0.2, 0) is 19.1 Å². The molecule has 21 heavy (non-hydrogen) atoms. The van der Waals surface area contributed by atoms with Crippen molar-refractivity contribution >= 4 is 23.5 Å². The fourth-order valence-electron chi connectivity index (χ4n) is 1.45. The number of nitrogens with one attached hydrogen (secondary N) is 1. The normalized spacial score (nSPS) is 9.76. The van der Waals surface area contributed by atoms with Crippen molar-refractivity contribution < 1.29 is 23.9 Å². The molecule has 7 heteroatoms. The number of hydrogen-bond acceptors (Lipinski definition) is 6. The molecule has 1 rings (SSSR count). The number of carbonyl (C=O) groups is 3. The first kappa shape index (κ1) is 16.5. The molecule has 1 aromatic carbocycles. The van der Waals surface area contributed by atoms with Crippen molar-refractivity contribution in [1.29, 1.82) is 0 Å². The molecule has 114 valence electrons. The van der Waals surface area contributed by atoms with Gasteiger partial charge in [0.2, 0.25) is 0 Å². The topological polar surface area (TPSA) is 108 Å². The monoisotopic (exact) mass is 294 g/mol. The molecule has 7 nitrogen and oxygen atoms in total. The Labute approximate surface area is 122 Å². The van der Waals surface area contributed by atoms with Gasteiger partial charge in [-0.1, -0.05) is 0 Å². The van der Waals surface area contributed by atoms with Gasteiger partial charge in [-0.25, -0.2) is 4.79 Å². The highest BCUT2D eigenvalue weighted by Gasteiger charge is 2.09. The highest BCUT2D eigenvalue weighted by atomic mass is 16.5. The van der Waals surface area contributed by atoms with Gasteiger partial charge >= 0.3 is 11.9 Å². The Morgan fingerprint density at radius 2 is 1.86 bits per heavy atom. The molecule has 0 saturated heterocycles. The third-order valence-electron chi connectivity index (χ3n) is 2.59. The number of rotatable bonds is 7. The summed E-state index contributed by atoms with van der Waals surface area (Å²) in [5.41, 5.74) is 6.36. The van der Waals surface area contributed by atoms with Crippen LogP contribution >= 0.6 is 0 Å². The molecule has 0 aromatic heterocycles. The largest absolute Gasteiger partial charge is 0.469 e. The second kappa shape index (κ2) is 8.57. The van der Waals surface area contributed by atoms with Gasteiger partial charge < -0.3 is 20.5 Å². The Morgan fingerprint density at radius 1 is 1.19 bits per heavy atom. The summed E-state index contributed by atoms with van der Waals surface area (Å²) in [4.78, 5) is 33.9. The van der Waals surface area contributed by atoms with Crippen LogP contribution in [0.3, 0.4) is 0 Å². The van der Waals surface area contributed by atoms with Crippen LogP contribution in [0.25, 0.3) is 0 Å². The van der Waals surface area contributed by atoms with Gasteiger partial charge in [-0.05, 0) is 30.7 Å². The van der Waals surface area contributed by atoms with Crippen LogP contribution < -0.4 is 11.1 Å². The number of amides is 1. The summed E-state index contributed by atoms with van der Waals surface area (Å²) in [6.07, 6.45) is 0.687. The van der Waals surface area contributed by atoms with E-state index in [1.54, 1.807) is 12.1 Å². The molecule has 3 N–H and O–H groups in total. The summed E-state index contributed by atoms with van der Waals surface area (Å²) in [5, 5.41) is 2.53. The van der Waals surface area contributed by atoms with E-state index in [4.69, 9.17) is 10.5 Å². The summed E-state index contributed by atoms with van der Waals surface area (Å²) >= 11 is 0. The lowest BCUT2D eigenvalue weighted by molar-refractivity contribution is -0.140. The van der Waals surface area contributed by atoms with Crippen molar-refractivity contribution in [3.05, 3.63) is 29.8 Å². The van der Waals surface area contributed by atoms with Gasteiger partial charge in [0.25, 0.3) is 5.91 Å². The minimum absolute atomic E-state index is 0.224. The van der Waals surface area contributed by atoms with E-state index in [0.717, 1.165) is 0 Å². The van der Waals surface area contributed by atoms with E-state index in [1.165, 1.54) is 19.2 Å². The van der Waals surface area contributed by atoms with Gasteiger partial charge in [0.1, 0.15) is 0 Å². The summed E-state index contributed by atoms with van der Waals surface area (Å²) in [6.45, 7) is -0.0607. The van der Waals surface area contributed by atoms with Crippen molar-refractivity contribution in [1.82, 2.24) is 5.32 Å². The lowest BCUT2D eigenvalue weighted by atomic mass is 10.2. The Hall–Kier alpha value is -2.57. The third-order valence-corrected chi connectivity index (χ3v) is 2.59. The highest BCUT2D eigenvalue weighted by molar-refractivity contribution is 5.91. The van der Waals surface area contributed by atoms with Crippen LogP contribution in [0.2, 0.25) is 0 Å². The van der Waals surface area contributed by atoms with Crippen molar-refractivity contribution in [3.63, 3.8) is 0 Å². The number of hydrogen-bond donors (Lipinski definition) is 2. The SMILES string of the molecule is COC(=O)CCCNC(=O)COC(=O)c1ccc(N)cc1. The second-order valence-corrected chi connectivity index (χ2v) is 4.23. The lowest BCUT2D eigenvalue weighted by Crippen LogP contribution is -2.29. The number of methoxy groups -OCH3 is 1. The summed E-state index contributed by atoms with van der Waals surface area (Å²) in [7, 11) is 1.30. The van der Waals surface area contributed by atoms with Gasteiger partial charge in [0.15, 0.2) is 6.61 Å². The third kappa shape index (κ3) is 6.42. The number of benzene rings is 1. The van der Waals surface area contributed by atoms with E-state index in [9.17, 15) is 14.4 Å². The van der Waals surface area contributed by atoms with E-state index >= 15 is 0 Å². The van der Waals surface area contributed by atoms with Crippen LogP contribution in [0, 0.1) is 0 Å². The molecule has 1 aromatic rings. The molecule has 1 amide bonds. The quantitative estimate of drug-likeness (QED) is 0.430. The number of nitrogens with two attached hydrogens (primary N) is 1. The molecular weight excluding hydrogens is 276 g/mol. The highest BCUT2D eigenvalue weighted by Crippen LogP contribution is 2.06. The predicted octanol–water partition coefficient (Wildman–Crippen LogP) is 0.495. The van der Waals surface area contributed by atoms with Gasteiger partial charge in [0.05, 0.1) is 12.7 Å². The fraction of sp³-hybridized carbons (Fsp3) is 0.357. The van der Waals surface area contributed by atoms with Gasteiger partial charge in [-0.2, -0.15) is 0 Å². The van der Waals surface area contributed by atoms with Crippen LogP contribution in [0.5, 0.6) is 0 Å². The standard InChI is InChI=1S/C14H18N2O5/c1-20-13(18)3-2-8-16-12(17)9-21-14(19)10-4-6-11(15)7-5-10/h4-7H,2-3,8-9,15H2,1H3,(H,16,17). The number of anilines is 1. The minimum atomic E-state index is -0.597. The molecule has 0 radical (unpaired) electrons. The first-order chi connectivity index (χ1) is 10.0. The van der Waals surface area contributed by atoms with Crippen molar-refractivity contribution in [2.45, 2.75) is 12.8 Å². The Morgan fingerprint density at radius 3 is 2.48 bits per heavy atom. The maximum atomic E-state index is 11.6. The lowest BCUT2D eigenvalue weighted by Gasteiger charge is -2.06. The molecule has 0 saturated carbocycles. The first-order valence-electron chi connectivity index (χ1n) is 6.39. The zero-order valence-electron chi connectivity index (χ0n) is 11.8. The van der Waals surface area contributed by atoms with Gasteiger partial charge in [-0.3, -0.25) is 9.59 Å². The zero-order chi connectivity index (χ0) is 15.7. The smallest absolute Gasteiger partial charge is 0.338 e. The van der Waals surface area contributed by atoms with E-state index in [2.05, 4.69) is 10.1 Å². The molecule has 0 fully saturated rings. The maximum absolute atomic E-state index is 11.6. The summed E-state index contributed by atoms with van der Waals surface area (Å²) < 4.78 is 9.31. The number of esters is 2. The fourth-order valence-corrected chi connectivity index (χ4v) is 1.45. The molecule has 0 aliphatic rings. The number of carbonyl (C=O) groups excluding carboxylic acids is 3. The van der Waals surface area contributed by atoms with E-state index in [1.807, 2.05) is 0 Å². The van der Waals surface area contributed by atoms with Crippen molar-refractivity contribution in [2.24, 2.45) is 0 Å². The molecule has 0 unspecified atom stereocenters. The zero-order valence-corrected chi connectivity index (χ0v) is 11.8. The molecule has 0 heterocycles. The molecular formula is C14H18N2O5. The first-order valence-corrected chi connectivity index (χ1v) is 6.39. The Kier molecular flexibility index (Phi) is 6.73. The number of nitrogen functional groups attached to an aromatic ring is 1. The van der Waals surface area contributed by atoms with E-state index < -0.39 is 11.9 Å². The van der Waals surface area contributed by atoms with Crippen molar-refractivity contribution in [3.8, 4) is 0 Å². The predicted molar refractivity (Wildman–Crippen MR) is 75.4 cm³/mol. The second-order valence-electron chi connectivity index (χ2n) is 4.23. The molecule has 0 bridgehead atoms. The average molecular weight is 294 g/mol. The van der Waals surface area contributed by atoms with Crippen LogP contribution in [0.1, 0.15) is 23.2 Å². The van der Waals surface area contributed by atoms with Gasteiger partial charge in [0, 0.05) is 18.7 Å². The summed E-state index contributed by atoms with van der Waals surface area (Å²) in [6, 6.07) is 6.19. The molecule has 0 spiro atoms. The van der Waals surface area contributed by atoms with E-state index in [0.29, 0.717) is 24.2 Å². The molecule has 0 atom stereocenters. The minimum Gasteiger partial charge on any atom is -0.469 e. The van der Waals surface area contributed by atoms with Gasteiger partial charge in [-0.15, -0.1) is 0 Å². The summed E-state index contributed by atoms with van der Waals surface area (Å²) in [5.74, 6) is -1.36. The average Bonchev–Trinajstić information content (AvgIpc) is 2.49. The Balaban J connectivity index is 2.22. The van der Waals surface area contributed by atoms with Crippen molar-refractivity contribution in [2.75, 3.05) is 26.0 Å². The number of ether oxygens (including phenoxy) is 2. The molecule has 0 aliphatic heterocycles. The van der Waals surface area contributed by atoms with Crippen LogP contribution in [0.15, 0.2) is 24.3 Å². The molecule has 0 aliphatic carbocycles. The Bertz CT molecular complexity index is 499. The van der Waals surface area contributed by atoms with Crippen LogP contribution in [0.4, 0.5) is 5.69 Å².